The molecule has 2 heterocycles. The Kier molecular flexibility index (Phi) is 13.1. The van der Waals surface area contributed by atoms with Gasteiger partial charge in [-0.3, -0.25) is 14.6 Å². The monoisotopic (exact) mass is 431 g/mol. The molecule has 1 amide bonds. The number of halogens is 2. The van der Waals surface area contributed by atoms with Crippen molar-refractivity contribution in [3.63, 3.8) is 0 Å². The molecule has 0 fully saturated rings. The van der Waals surface area contributed by atoms with E-state index in [0.717, 1.165) is 12.1 Å². The molecule has 0 aliphatic carbocycles. The van der Waals surface area contributed by atoms with Gasteiger partial charge < -0.3 is 20.4 Å². The van der Waals surface area contributed by atoms with Crippen LogP contribution in [-0.4, -0.2) is 54.2 Å². The number of aryl methyl sites for hydroxylation is 1. The maximum atomic E-state index is 12.3. The lowest BCUT2D eigenvalue weighted by Gasteiger charge is -2.08. The fraction of sp³-hybridized carbons (Fsp3) is 0.444. The van der Waals surface area contributed by atoms with Gasteiger partial charge in [-0.15, -0.1) is 24.8 Å². The molecular formula is C18H27Cl2N5O3. The van der Waals surface area contributed by atoms with Gasteiger partial charge in [0.15, 0.2) is 0 Å². The van der Waals surface area contributed by atoms with Crippen LogP contribution in [0.2, 0.25) is 0 Å². The molecule has 0 saturated carbocycles. The number of hydrogen-bond acceptors (Lipinski definition) is 6. The minimum Gasteiger partial charge on any atom is -0.383 e. The van der Waals surface area contributed by atoms with Crippen molar-refractivity contribution < 1.29 is 9.53 Å². The van der Waals surface area contributed by atoms with Crippen LogP contribution in [0.5, 0.6) is 0 Å². The maximum Gasteiger partial charge on any atom is 0.254 e. The van der Waals surface area contributed by atoms with Crippen molar-refractivity contribution in [3.8, 4) is 11.4 Å². The SMILES string of the molecule is COCCNCCNC(=O)CCc1c(C)nc(-c2cccnc2)[nH]c1=O.Cl.Cl. The summed E-state index contributed by atoms with van der Waals surface area (Å²) in [5.74, 6) is 0.393. The minimum absolute atomic E-state index is 0. The van der Waals surface area contributed by atoms with Crippen molar-refractivity contribution in [1.29, 1.82) is 0 Å². The summed E-state index contributed by atoms with van der Waals surface area (Å²) in [6, 6.07) is 3.62. The zero-order chi connectivity index (χ0) is 18.8. The van der Waals surface area contributed by atoms with Crippen LogP contribution in [0.3, 0.4) is 0 Å². The van der Waals surface area contributed by atoms with E-state index in [-0.39, 0.29) is 42.7 Å². The third-order valence-corrected chi connectivity index (χ3v) is 3.87. The van der Waals surface area contributed by atoms with E-state index in [1.807, 2.05) is 6.07 Å². The van der Waals surface area contributed by atoms with Crippen molar-refractivity contribution in [2.75, 3.05) is 33.4 Å². The number of carbonyl (C=O) groups excluding carboxylic acids is 1. The van der Waals surface area contributed by atoms with Gasteiger partial charge in [0.05, 0.1) is 6.61 Å². The predicted octanol–water partition coefficient (Wildman–Crippen LogP) is 1.27. The van der Waals surface area contributed by atoms with E-state index in [4.69, 9.17) is 4.74 Å². The fourth-order valence-corrected chi connectivity index (χ4v) is 2.46. The molecule has 2 rings (SSSR count). The molecule has 0 aromatic carbocycles. The van der Waals surface area contributed by atoms with Crippen molar-refractivity contribution in [3.05, 3.63) is 46.1 Å². The quantitative estimate of drug-likeness (QED) is 0.488. The third kappa shape index (κ3) is 8.35. The number of hydrogen-bond donors (Lipinski definition) is 3. The number of ether oxygens (including phenoxy) is 1. The van der Waals surface area contributed by atoms with E-state index < -0.39 is 0 Å². The molecule has 2 aromatic heterocycles. The number of aromatic nitrogens is 3. The number of rotatable bonds is 10. The number of aromatic amines is 1. The summed E-state index contributed by atoms with van der Waals surface area (Å²) in [5, 5.41) is 5.97. The predicted molar refractivity (Wildman–Crippen MR) is 113 cm³/mol. The number of amides is 1. The minimum atomic E-state index is -0.217. The van der Waals surface area contributed by atoms with Gasteiger partial charge >= 0.3 is 0 Å². The summed E-state index contributed by atoms with van der Waals surface area (Å²) in [6.07, 6.45) is 3.90. The van der Waals surface area contributed by atoms with E-state index in [0.29, 0.717) is 43.2 Å². The average molecular weight is 432 g/mol. The zero-order valence-electron chi connectivity index (χ0n) is 16.0. The number of pyridine rings is 1. The summed E-state index contributed by atoms with van der Waals surface area (Å²) in [6.45, 7) is 4.38. The van der Waals surface area contributed by atoms with E-state index >= 15 is 0 Å². The smallest absolute Gasteiger partial charge is 0.254 e. The van der Waals surface area contributed by atoms with Crippen LogP contribution in [0.25, 0.3) is 11.4 Å². The molecule has 0 radical (unpaired) electrons. The van der Waals surface area contributed by atoms with E-state index in [1.165, 1.54) is 0 Å². The number of nitrogens with one attached hydrogen (secondary N) is 3. The second-order valence-electron chi connectivity index (χ2n) is 5.81. The first-order chi connectivity index (χ1) is 12.6. The molecule has 3 N–H and O–H groups in total. The Labute approximate surface area is 176 Å². The lowest BCUT2D eigenvalue weighted by Crippen LogP contribution is -2.33. The van der Waals surface area contributed by atoms with Crippen molar-refractivity contribution in [1.82, 2.24) is 25.6 Å². The van der Waals surface area contributed by atoms with Crippen LogP contribution >= 0.6 is 24.8 Å². The van der Waals surface area contributed by atoms with Crippen LogP contribution in [0.4, 0.5) is 0 Å². The third-order valence-electron chi connectivity index (χ3n) is 3.87. The van der Waals surface area contributed by atoms with E-state index in [1.54, 1.807) is 32.5 Å². The fourth-order valence-electron chi connectivity index (χ4n) is 2.46. The highest BCUT2D eigenvalue weighted by Crippen LogP contribution is 2.13. The molecule has 0 saturated heterocycles. The van der Waals surface area contributed by atoms with Gasteiger partial charge in [-0.1, -0.05) is 0 Å². The zero-order valence-corrected chi connectivity index (χ0v) is 17.6. The molecule has 2 aromatic rings. The summed E-state index contributed by atoms with van der Waals surface area (Å²) in [7, 11) is 1.64. The summed E-state index contributed by atoms with van der Waals surface area (Å²) >= 11 is 0. The first-order valence-corrected chi connectivity index (χ1v) is 8.58. The molecule has 10 heteroatoms. The van der Waals surface area contributed by atoms with Crippen LogP contribution < -0.4 is 16.2 Å². The van der Waals surface area contributed by atoms with Gasteiger partial charge in [-0.25, -0.2) is 4.98 Å². The van der Waals surface area contributed by atoms with Gasteiger partial charge in [-0.2, -0.15) is 0 Å². The number of H-pyrrole nitrogens is 1. The number of methoxy groups -OCH3 is 1. The Morgan fingerprint density at radius 3 is 2.68 bits per heavy atom. The molecule has 0 aliphatic heterocycles. The summed E-state index contributed by atoms with van der Waals surface area (Å²) in [5.41, 5.74) is 1.69. The van der Waals surface area contributed by atoms with Crippen LogP contribution in [0.15, 0.2) is 29.3 Å². The number of carbonyl (C=O) groups is 1. The average Bonchev–Trinajstić information content (AvgIpc) is 2.64. The Balaban J connectivity index is 0.00000364. The van der Waals surface area contributed by atoms with Crippen LogP contribution in [0.1, 0.15) is 17.7 Å². The molecule has 0 unspecified atom stereocenters. The molecule has 8 nitrogen and oxygen atoms in total. The lowest BCUT2D eigenvalue weighted by atomic mass is 10.1. The molecule has 0 aliphatic rings. The van der Waals surface area contributed by atoms with Gasteiger partial charge in [0.2, 0.25) is 5.91 Å². The van der Waals surface area contributed by atoms with Gasteiger partial charge in [0.25, 0.3) is 5.56 Å². The highest BCUT2D eigenvalue weighted by atomic mass is 35.5. The van der Waals surface area contributed by atoms with Crippen molar-refractivity contribution in [2.45, 2.75) is 19.8 Å². The number of nitrogens with zero attached hydrogens (tertiary/aromatic N) is 2. The second kappa shape index (κ2) is 14.1. The normalized spacial score (nSPS) is 9.93. The van der Waals surface area contributed by atoms with Crippen molar-refractivity contribution in [2.24, 2.45) is 0 Å². The Bertz CT molecular complexity index is 772. The molecule has 0 spiro atoms. The van der Waals surface area contributed by atoms with Gasteiger partial charge in [0.1, 0.15) is 5.82 Å². The Hall–Kier alpha value is -2.00. The molecule has 0 bridgehead atoms. The highest BCUT2D eigenvalue weighted by Gasteiger charge is 2.11. The van der Waals surface area contributed by atoms with Crippen LogP contribution in [-0.2, 0) is 16.0 Å². The largest absolute Gasteiger partial charge is 0.383 e. The summed E-state index contributed by atoms with van der Waals surface area (Å²) < 4.78 is 4.92. The topological polar surface area (TPSA) is 109 Å². The Morgan fingerprint density at radius 2 is 2.04 bits per heavy atom. The molecule has 28 heavy (non-hydrogen) atoms. The highest BCUT2D eigenvalue weighted by molar-refractivity contribution is 5.85. The molecule has 0 atom stereocenters. The standard InChI is InChI=1S/C18H25N5O3.2ClH/c1-13-15(5-6-16(24)21-9-8-19-10-11-26-2)18(25)23-17(22-13)14-4-3-7-20-12-14;;/h3-4,7,12,19H,5-6,8-11H2,1-2H3,(H,21,24)(H,22,23,25);2*1H. The second-order valence-corrected chi connectivity index (χ2v) is 5.81. The summed E-state index contributed by atoms with van der Waals surface area (Å²) in [4.78, 5) is 35.5. The van der Waals surface area contributed by atoms with Crippen molar-refractivity contribution >= 4 is 30.7 Å². The van der Waals surface area contributed by atoms with Gasteiger partial charge in [0, 0.05) is 62.4 Å². The van der Waals surface area contributed by atoms with E-state index in [2.05, 4.69) is 25.6 Å². The molecule has 156 valence electrons. The van der Waals surface area contributed by atoms with E-state index in [9.17, 15) is 9.59 Å². The lowest BCUT2D eigenvalue weighted by molar-refractivity contribution is -0.121. The first kappa shape index (κ1) is 26.0. The first-order valence-electron chi connectivity index (χ1n) is 8.58. The van der Waals surface area contributed by atoms with Crippen LogP contribution in [0, 0.1) is 6.92 Å². The van der Waals surface area contributed by atoms with Gasteiger partial charge in [-0.05, 0) is 25.5 Å². The molecular weight excluding hydrogens is 405 g/mol. The maximum absolute atomic E-state index is 12.3. The Morgan fingerprint density at radius 1 is 1.25 bits per heavy atom.